The fourth-order valence-electron chi connectivity index (χ4n) is 3.80. The van der Waals surface area contributed by atoms with Crippen molar-refractivity contribution in [2.24, 2.45) is 0 Å². The predicted octanol–water partition coefficient (Wildman–Crippen LogP) is 4.21. The third-order valence-electron chi connectivity index (χ3n) is 5.27. The standard InChI is InChI=1S/C23H16N8/c24-16-7-14(10-26-12-16)15-8-18-22(30-31-23(18)28-11-15)20-9-17-19(29-20)3-6-27-21(17)13-1-4-25-5-2-13/h1-12,29H,24H2,(H,28,30,31). The zero-order valence-corrected chi connectivity index (χ0v) is 16.2. The van der Waals surface area contributed by atoms with Crippen molar-refractivity contribution in [2.45, 2.75) is 0 Å². The van der Waals surface area contributed by atoms with Crippen LogP contribution in [0.4, 0.5) is 5.69 Å². The number of hydrogen-bond donors (Lipinski definition) is 3. The summed E-state index contributed by atoms with van der Waals surface area (Å²) in [6.45, 7) is 0. The summed E-state index contributed by atoms with van der Waals surface area (Å²) in [6, 6.07) is 11.9. The summed E-state index contributed by atoms with van der Waals surface area (Å²) in [7, 11) is 0. The summed E-state index contributed by atoms with van der Waals surface area (Å²) < 4.78 is 0. The Morgan fingerprint density at radius 1 is 0.710 bits per heavy atom. The Balaban J connectivity index is 1.51. The van der Waals surface area contributed by atoms with Crippen LogP contribution in [-0.4, -0.2) is 35.1 Å². The van der Waals surface area contributed by atoms with Crippen LogP contribution in [0.3, 0.4) is 0 Å². The van der Waals surface area contributed by atoms with Gasteiger partial charge < -0.3 is 10.7 Å². The number of nitrogen functional groups attached to an aromatic ring is 1. The molecule has 0 fully saturated rings. The fraction of sp³-hybridized carbons (Fsp3) is 0. The average Bonchev–Trinajstić information content (AvgIpc) is 3.43. The van der Waals surface area contributed by atoms with E-state index in [1.165, 1.54) is 0 Å². The highest BCUT2D eigenvalue weighted by Crippen LogP contribution is 2.33. The molecule has 148 valence electrons. The Morgan fingerprint density at radius 2 is 1.58 bits per heavy atom. The number of rotatable bonds is 3. The zero-order valence-electron chi connectivity index (χ0n) is 16.2. The van der Waals surface area contributed by atoms with Gasteiger partial charge in [-0.1, -0.05) is 0 Å². The van der Waals surface area contributed by atoms with Crippen molar-refractivity contribution in [3.63, 3.8) is 0 Å². The Labute approximate surface area is 176 Å². The SMILES string of the molecule is Nc1cncc(-c2cnc3[nH]nc(-c4cc5c(-c6ccncc6)nccc5[nH]4)c3c2)c1. The van der Waals surface area contributed by atoms with Gasteiger partial charge in [0.1, 0.15) is 5.69 Å². The molecule has 8 nitrogen and oxygen atoms in total. The van der Waals surface area contributed by atoms with E-state index in [4.69, 9.17) is 5.73 Å². The topological polar surface area (TPSA) is 122 Å². The number of H-pyrrole nitrogens is 2. The summed E-state index contributed by atoms with van der Waals surface area (Å²) in [5.41, 5.74) is 13.6. The van der Waals surface area contributed by atoms with Crippen molar-refractivity contribution in [2.75, 3.05) is 5.73 Å². The molecular weight excluding hydrogens is 388 g/mol. The Morgan fingerprint density at radius 3 is 2.45 bits per heavy atom. The summed E-state index contributed by atoms with van der Waals surface area (Å²) in [4.78, 5) is 20.9. The average molecular weight is 404 g/mol. The molecule has 6 heterocycles. The number of aromatic nitrogens is 7. The van der Waals surface area contributed by atoms with Crippen LogP contribution >= 0.6 is 0 Å². The number of nitrogens with two attached hydrogens (primary N) is 1. The minimum absolute atomic E-state index is 0.608. The molecule has 0 saturated heterocycles. The maximum Gasteiger partial charge on any atom is 0.155 e. The predicted molar refractivity (Wildman–Crippen MR) is 120 cm³/mol. The molecule has 0 aromatic carbocycles. The number of hydrogen-bond acceptors (Lipinski definition) is 6. The Kier molecular flexibility index (Phi) is 3.76. The van der Waals surface area contributed by atoms with Crippen molar-refractivity contribution in [3.05, 3.63) is 73.6 Å². The quantitative estimate of drug-likeness (QED) is 0.406. The molecule has 0 aliphatic rings. The Hall–Kier alpha value is -4.59. The maximum atomic E-state index is 5.90. The van der Waals surface area contributed by atoms with Gasteiger partial charge in [-0.15, -0.1) is 0 Å². The lowest BCUT2D eigenvalue weighted by Gasteiger charge is -2.02. The first-order valence-electron chi connectivity index (χ1n) is 9.70. The van der Waals surface area contributed by atoms with Crippen molar-refractivity contribution >= 4 is 27.6 Å². The van der Waals surface area contributed by atoms with Crippen LogP contribution in [0.5, 0.6) is 0 Å². The number of fused-ring (bicyclic) bond motifs is 2. The minimum Gasteiger partial charge on any atom is -0.397 e. The van der Waals surface area contributed by atoms with Gasteiger partial charge in [0.2, 0.25) is 0 Å². The Bertz CT molecular complexity index is 1550. The van der Waals surface area contributed by atoms with Gasteiger partial charge in [0.25, 0.3) is 0 Å². The van der Waals surface area contributed by atoms with Gasteiger partial charge in [0, 0.05) is 70.2 Å². The first-order chi connectivity index (χ1) is 15.3. The molecule has 4 N–H and O–H groups in total. The third kappa shape index (κ3) is 2.89. The zero-order chi connectivity index (χ0) is 20.8. The van der Waals surface area contributed by atoms with E-state index in [0.29, 0.717) is 11.3 Å². The molecule has 6 aromatic heterocycles. The molecule has 0 aliphatic carbocycles. The van der Waals surface area contributed by atoms with Gasteiger partial charge in [0.05, 0.1) is 17.1 Å². The normalized spacial score (nSPS) is 11.4. The van der Waals surface area contributed by atoms with Crippen LogP contribution in [0.25, 0.3) is 55.7 Å². The van der Waals surface area contributed by atoms with Crippen LogP contribution in [0, 0.1) is 0 Å². The molecule has 0 amide bonds. The van der Waals surface area contributed by atoms with Crippen LogP contribution in [0.1, 0.15) is 0 Å². The van der Waals surface area contributed by atoms with Crippen molar-refractivity contribution in [3.8, 4) is 33.8 Å². The molecule has 0 radical (unpaired) electrons. The molecule has 0 spiro atoms. The van der Waals surface area contributed by atoms with Crippen molar-refractivity contribution in [1.29, 1.82) is 0 Å². The largest absolute Gasteiger partial charge is 0.397 e. The molecule has 0 aliphatic heterocycles. The number of anilines is 1. The van der Waals surface area contributed by atoms with Crippen LogP contribution in [0.15, 0.2) is 73.6 Å². The summed E-state index contributed by atoms with van der Waals surface area (Å²) in [6.07, 6.45) is 10.5. The van der Waals surface area contributed by atoms with E-state index in [9.17, 15) is 0 Å². The lowest BCUT2D eigenvalue weighted by atomic mass is 10.1. The van der Waals surface area contributed by atoms with Gasteiger partial charge in [-0.2, -0.15) is 5.10 Å². The first-order valence-corrected chi connectivity index (χ1v) is 9.70. The van der Waals surface area contributed by atoms with Gasteiger partial charge in [-0.05, 0) is 36.4 Å². The van der Waals surface area contributed by atoms with Crippen molar-refractivity contribution in [1.82, 2.24) is 35.1 Å². The van der Waals surface area contributed by atoms with Gasteiger partial charge in [-0.25, -0.2) is 4.98 Å². The highest BCUT2D eigenvalue weighted by Gasteiger charge is 2.15. The summed E-state index contributed by atoms with van der Waals surface area (Å²) in [5, 5.41) is 9.47. The second kappa shape index (κ2) is 6.74. The monoisotopic (exact) mass is 404 g/mol. The van der Waals surface area contributed by atoms with Crippen LogP contribution in [0.2, 0.25) is 0 Å². The molecule has 0 unspecified atom stereocenters. The summed E-state index contributed by atoms with van der Waals surface area (Å²) in [5.74, 6) is 0. The second-order valence-corrected chi connectivity index (χ2v) is 7.24. The lowest BCUT2D eigenvalue weighted by molar-refractivity contribution is 1.10. The van der Waals surface area contributed by atoms with Crippen LogP contribution in [-0.2, 0) is 0 Å². The van der Waals surface area contributed by atoms with Gasteiger partial charge in [0.15, 0.2) is 5.65 Å². The maximum absolute atomic E-state index is 5.90. The highest BCUT2D eigenvalue weighted by molar-refractivity contribution is 5.99. The molecular formula is C23H16N8. The summed E-state index contributed by atoms with van der Waals surface area (Å²) >= 11 is 0. The number of nitrogens with one attached hydrogen (secondary N) is 2. The van der Waals surface area contributed by atoms with Gasteiger partial charge in [-0.3, -0.25) is 20.1 Å². The van der Waals surface area contributed by atoms with E-state index in [0.717, 1.165) is 50.1 Å². The highest BCUT2D eigenvalue weighted by atomic mass is 15.2. The van der Waals surface area contributed by atoms with E-state index in [-0.39, 0.29) is 0 Å². The molecule has 6 rings (SSSR count). The van der Waals surface area contributed by atoms with Gasteiger partial charge >= 0.3 is 0 Å². The van der Waals surface area contributed by atoms with E-state index >= 15 is 0 Å². The lowest BCUT2D eigenvalue weighted by Crippen LogP contribution is -1.88. The second-order valence-electron chi connectivity index (χ2n) is 7.24. The third-order valence-corrected chi connectivity index (χ3v) is 5.27. The molecule has 31 heavy (non-hydrogen) atoms. The smallest absolute Gasteiger partial charge is 0.155 e. The van der Waals surface area contributed by atoms with E-state index < -0.39 is 0 Å². The molecule has 8 heteroatoms. The molecule has 0 bridgehead atoms. The number of aromatic amines is 2. The van der Waals surface area contributed by atoms with Crippen molar-refractivity contribution < 1.29 is 0 Å². The van der Waals surface area contributed by atoms with E-state index in [2.05, 4.69) is 41.2 Å². The molecule has 0 saturated carbocycles. The number of nitrogens with zero attached hydrogens (tertiary/aromatic N) is 5. The molecule has 6 aromatic rings. The molecule has 0 atom stereocenters. The van der Waals surface area contributed by atoms with E-state index in [1.54, 1.807) is 37.2 Å². The number of pyridine rings is 4. The minimum atomic E-state index is 0.608. The van der Waals surface area contributed by atoms with Crippen LogP contribution < -0.4 is 5.73 Å². The fourth-order valence-corrected chi connectivity index (χ4v) is 3.80. The van der Waals surface area contributed by atoms with E-state index in [1.807, 2.05) is 30.3 Å². The first kappa shape index (κ1) is 17.3.